The van der Waals surface area contributed by atoms with Gasteiger partial charge in [-0.15, -0.1) is 0 Å². The highest BCUT2D eigenvalue weighted by molar-refractivity contribution is 6.32. The van der Waals surface area contributed by atoms with Crippen molar-refractivity contribution in [2.45, 2.75) is 20.0 Å². The van der Waals surface area contributed by atoms with Crippen molar-refractivity contribution in [3.63, 3.8) is 0 Å². The number of nitrogens with zero attached hydrogens (tertiary/aromatic N) is 2. The third-order valence-electron chi connectivity index (χ3n) is 3.40. The highest BCUT2D eigenvalue weighted by Gasteiger charge is 2.18. The lowest BCUT2D eigenvalue weighted by Gasteiger charge is -2.17. The van der Waals surface area contributed by atoms with Crippen LogP contribution in [0.5, 0.6) is 11.5 Å². The molecule has 0 aromatic heterocycles. The van der Waals surface area contributed by atoms with Gasteiger partial charge in [-0.25, -0.2) is 0 Å². The number of hydrogen-bond donors (Lipinski definition) is 1. The Balaban J connectivity index is 2.11. The van der Waals surface area contributed by atoms with Crippen molar-refractivity contribution in [1.29, 1.82) is 10.5 Å². The quantitative estimate of drug-likeness (QED) is 0.833. The van der Waals surface area contributed by atoms with E-state index in [1.165, 1.54) is 12.1 Å². The fraction of sp³-hybridized carbons (Fsp3) is 0.211. The van der Waals surface area contributed by atoms with Crippen LogP contribution in [-0.2, 0) is 4.79 Å². The third kappa shape index (κ3) is 4.66. The number of nitriles is 2. The van der Waals surface area contributed by atoms with Crippen LogP contribution < -0.4 is 14.8 Å². The molecule has 132 valence electrons. The fourth-order valence-electron chi connectivity index (χ4n) is 2.11. The monoisotopic (exact) mass is 369 g/mol. The number of carbonyl (C=O) groups excluding carboxylic acids is 1. The summed E-state index contributed by atoms with van der Waals surface area (Å²) in [6.07, 6.45) is -0.823. The van der Waals surface area contributed by atoms with Gasteiger partial charge >= 0.3 is 0 Å². The molecule has 2 aromatic carbocycles. The molecule has 0 aliphatic rings. The Morgan fingerprint density at radius 1 is 1.19 bits per heavy atom. The average Bonchev–Trinajstić information content (AvgIpc) is 2.63. The minimum absolute atomic E-state index is 0.254. The molecule has 0 saturated heterocycles. The standard InChI is InChI=1S/C19H16ClN3O3/c1-3-25-18-8-13(10-21)4-7-17(18)26-12(2)19(24)23-15-6-5-14(11-22)16(20)9-15/h4-9,12H,3H2,1-2H3,(H,23,24)/t12-/m0/s1. The smallest absolute Gasteiger partial charge is 0.265 e. The summed E-state index contributed by atoms with van der Waals surface area (Å²) in [5.41, 5.74) is 1.22. The number of anilines is 1. The second kappa shape index (κ2) is 8.75. The van der Waals surface area contributed by atoms with Crippen LogP contribution in [0.2, 0.25) is 5.02 Å². The van der Waals surface area contributed by atoms with E-state index < -0.39 is 12.0 Å². The number of ether oxygens (including phenoxy) is 2. The molecule has 6 nitrogen and oxygen atoms in total. The van der Waals surface area contributed by atoms with Gasteiger partial charge in [0.1, 0.15) is 6.07 Å². The van der Waals surface area contributed by atoms with E-state index in [4.69, 9.17) is 31.6 Å². The van der Waals surface area contributed by atoms with E-state index in [-0.39, 0.29) is 5.02 Å². The number of benzene rings is 2. The van der Waals surface area contributed by atoms with Gasteiger partial charge in [-0.1, -0.05) is 11.6 Å². The maximum Gasteiger partial charge on any atom is 0.265 e. The van der Waals surface area contributed by atoms with E-state index in [0.29, 0.717) is 34.9 Å². The number of carbonyl (C=O) groups is 1. The average molecular weight is 370 g/mol. The van der Waals surface area contributed by atoms with E-state index in [2.05, 4.69) is 5.32 Å². The number of amides is 1. The van der Waals surface area contributed by atoms with E-state index in [1.54, 1.807) is 31.2 Å². The zero-order valence-corrected chi connectivity index (χ0v) is 15.0. The summed E-state index contributed by atoms with van der Waals surface area (Å²) in [6.45, 7) is 3.80. The molecule has 7 heteroatoms. The van der Waals surface area contributed by atoms with Crippen LogP contribution in [0.3, 0.4) is 0 Å². The van der Waals surface area contributed by atoms with Crippen LogP contribution in [0.1, 0.15) is 25.0 Å². The first-order valence-corrected chi connectivity index (χ1v) is 8.20. The topological polar surface area (TPSA) is 95.1 Å². The highest BCUT2D eigenvalue weighted by atomic mass is 35.5. The Hall–Kier alpha value is -3.22. The van der Waals surface area contributed by atoms with E-state index >= 15 is 0 Å². The van der Waals surface area contributed by atoms with Crippen molar-refractivity contribution in [1.82, 2.24) is 0 Å². The molecule has 2 rings (SSSR count). The molecule has 0 heterocycles. The minimum atomic E-state index is -0.823. The Labute approximate surface area is 156 Å². The van der Waals surface area contributed by atoms with Crippen molar-refractivity contribution < 1.29 is 14.3 Å². The molecule has 0 aliphatic carbocycles. The Bertz CT molecular complexity index is 900. The van der Waals surface area contributed by atoms with Crippen LogP contribution in [0.4, 0.5) is 5.69 Å². The fourth-order valence-corrected chi connectivity index (χ4v) is 2.34. The number of rotatable bonds is 6. The predicted molar refractivity (Wildman–Crippen MR) is 97.2 cm³/mol. The van der Waals surface area contributed by atoms with Crippen molar-refractivity contribution in [2.75, 3.05) is 11.9 Å². The van der Waals surface area contributed by atoms with E-state index in [0.717, 1.165) is 0 Å². The molecule has 26 heavy (non-hydrogen) atoms. The maximum atomic E-state index is 12.3. The molecule has 1 atom stereocenters. The predicted octanol–water partition coefficient (Wildman–Crippen LogP) is 3.89. The molecule has 2 aromatic rings. The summed E-state index contributed by atoms with van der Waals surface area (Å²) in [5, 5.41) is 20.8. The van der Waals surface area contributed by atoms with Crippen LogP contribution in [-0.4, -0.2) is 18.6 Å². The Morgan fingerprint density at radius 2 is 1.96 bits per heavy atom. The normalized spacial score (nSPS) is 11.0. The molecular formula is C19H16ClN3O3. The summed E-state index contributed by atoms with van der Waals surface area (Å²) in [5.74, 6) is 0.372. The molecule has 0 bridgehead atoms. The molecule has 1 N–H and O–H groups in total. The zero-order valence-electron chi connectivity index (χ0n) is 14.2. The summed E-state index contributed by atoms with van der Waals surface area (Å²) in [6, 6.07) is 13.3. The molecule has 0 fully saturated rings. The molecule has 0 spiro atoms. The number of halogens is 1. The molecule has 0 aliphatic heterocycles. The first kappa shape index (κ1) is 19.1. The van der Waals surface area contributed by atoms with E-state index in [9.17, 15) is 4.79 Å². The van der Waals surface area contributed by atoms with Gasteiger partial charge in [0.2, 0.25) is 0 Å². The van der Waals surface area contributed by atoms with Crippen LogP contribution in [0, 0.1) is 22.7 Å². The van der Waals surface area contributed by atoms with Crippen molar-refractivity contribution in [3.05, 3.63) is 52.5 Å². The van der Waals surface area contributed by atoms with Gasteiger partial charge in [-0.2, -0.15) is 10.5 Å². The van der Waals surface area contributed by atoms with Gasteiger partial charge in [0, 0.05) is 11.8 Å². The SMILES string of the molecule is CCOc1cc(C#N)ccc1O[C@@H](C)C(=O)Nc1ccc(C#N)c(Cl)c1. The summed E-state index contributed by atoms with van der Waals surface area (Å²) in [4.78, 5) is 12.3. The van der Waals surface area contributed by atoms with Gasteiger partial charge in [0.05, 0.1) is 28.8 Å². The lowest BCUT2D eigenvalue weighted by Crippen LogP contribution is -2.30. The second-order valence-electron chi connectivity index (χ2n) is 5.26. The van der Waals surface area contributed by atoms with Crippen LogP contribution >= 0.6 is 11.6 Å². The van der Waals surface area contributed by atoms with Crippen molar-refractivity contribution in [3.8, 4) is 23.6 Å². The lowest BCUT2D eigenvalue weighted by atomic mass is 10.2. The first-order chi connectivity index (χ1) is 12.5. The Kier molecular flexibility index (Phi) is 6.43. The van der Waals surface area contributed by atoms with Gasteiger partial charge < -0.3 is 14.8 Å². The van der Waals surface area contributed by atoms with Crippen molar-refractivity contribution in [2.24, 2.45) is 0 Å². The zero-order chi connectivity index (χ0) is 19.1. The van der Waals surface area contributed by atoms with Gasteiger partial charge in [0.15, 0.2) is 17.6 Å². The maximum absolute atomic E-state index is 12.3. The second-order valence-corrected chi connectivity index (χ2v) is 5.67. The van der Waals surface area contributed by atoms with Crippen molar-refractivity contribution >= 4 is 23.2 Å². The van der Waals surface area contributed by atoms with Gasteiger partial charge in [0.25, 0.3) is 5.91 Å². The molecule has 1 amide bonds. The minimum Gasteiger partial charge on any atom is -0.490 e. The third-order valence-corrected chi connectivity index (χ3v) is 3.72. The summed E-state index contributed by atoms with van der Waals surface area (Å²) in [7, 11) is 0. The molecule has 0 unspecified atom stereocenters. The number of hydrogen-bond acceptors (Lipinski definition) is 5. The summed E-state index contributed by atoms with van der Waals surface area (Å²) < 4.78 is 11.1. The molecule has 0 radical (unpaired) electrons. The Morgan fingerprint density at radius 3 is 2.58 bits per heavy atom. The van der Waals surface area contributed by atoms with Crippen LogP contribution in [0.25, 0.3) is 0 Å². The molecular weight excluding hydrogens is 354 g/mol. The van der Waals surface area contributed by atoms with Gasteiger partial charge in [-0.05, 0) is 44.2 Å². The summed E-state index contributed by atoms with van der Waals surface area (Å²) >= 11 is 5.96. The highest BCUT2D eigenvalue weighted by Crippen LogP contribution is 2.29. The molecule has 0 saturated carbocycles. The van der Waals surface area contributed by atoms with E-state index in [1.807, 2.05) is 19.1 Å². The van der Waals surface area contributed by atoms with Gasteiger partial charge in [-0.3, -0.25) is 4.79 Å². The lowest BCUT2D eigenvalue weighted by molar-refractivity contribution is -0.122. The number of nitrogens with one attached hydrogen (secondary N) is 1. The van der Waals surface area contributed by atoms with Crippen LogP contribution in [0.15, 0.2) is 36.4 Å². The first-order valence-electron chi connectivity index (χ1n) is 7.82. The largest absolute Gasteiger partial charge is 0.490 e.